The highest BCUT2D eigenvalue weighted by molar-refractivity contribution is 6.32. The molecule has 0 saturated carbocycles. The molecule has 0 fully saturated rings. The second kappa shape index (κ2) is 9.84. The number of esters is 1. The standard InChI is InChI=1S/C22H19ClFN3O3/c1-27-13-12-25-22(27)21(15-6-3-2-4-7-15)26-19(28)14-30-20(29)11-10-16-17(23)8-5-9-18(16)24/h2-13,21H,14H2,1H3,(H,26,28)/b11-10+. The van der Waals surface area contributed by atoms with E-state index in [4.69, 9.17) is 16.3 Å². The van der Waals surface area contributed by atoms with Crippen molar-refractivity contribution in [1.29, 1.82) is 0 Å². The molecule has 0 bridgehead atoms. The number of imidazole rings is 1. The van der Waals surface area contributed by atoms with Crippen molar-refractivity contribution in [2.45, 2.75) is 6.04 Å². The van der Waals surface area contributed by atoms with Crippen molar-refractivity contribution < 1.29 is 18.7 Å². The molecule has 1 aromatic heterocycles. The first-order chi connectivity index (χ1) is 14.5. The van der Waals surface area contributed by atoms with E-state index in [0.717, 1.165) is 11.6 Å². The van der Waals surface area contributed by atoms with Crippen molar-refractivity contribution in [3.05, 3.63) is 94.8 Å². The Balaban J connectivity index is 1.63. The highest BCUT2D eigenvalue weighted by Gasteiger charge is 2.21. The van der Waals surface area contributed by atoms with E-state index in [1.54, 1.807) is 17.0 Å². The molecule has 30 heavy (non-hydrogen) atoms. The zero-order chi connectivity index (χ0) is 21.5. The van der Waals surface area contributed by atoms with Crippen molar-refractivity contribution in [3.63, 3.8) is 0 Å². The molecule has 0 aliphatic carbocycles. The predicted molar refractivity (Wildman–Crippen MR) is 111 cm³/mol. The number of carbonyl (C=O) groups excluding carboxylic acids is 2. The zero-order valence-corrected chi connectivity index (χ0v) is 16.8. The number of hydrogen-bond donors (Lipinski definition) is 1. The van der Waals surface area contributed by atoms with Crippen LogP contribution in [0.3, 0.4) is 0 Å². The number of nitrogens with zero attached hydrogens (tertiary/aromatic N) is 2. The minimum Gasteiger partial charge on any atom is -0.452 e. The summed E-state index contributed by atoms with van der Waals surface area (Å²) in [5.74, 6) is -1.23. The fraction of sp³-hybridized carbons (Fsp3) is 0.136. The van der Waals surface area contributed by atoms with Gasteiger partial charge in [0.15, 0.2) is 6.61 Å². The van der Waals surface area contributed by atoms with Crippen molar-refractivity contribution in [3.8, 4) is 0 Å². The summed E-state index contributed by atoms with van der Waals surface area (Å²) in [6.07, 6.45) is 5.63. The molecular weight excluding hydrogens is 409 g/mol. The predicted octanol–water partition coefficient (Wildman–Crippen LogP) is 3.67. The number of rotatable bonds is 7. The highest BCUT2D eigenvalue weighted by Crippen LogP contribution is 2.21. The minimum atomic E-state index is -0.794. The Morgan fingerprint density at radius 1 is 1.23 bits per heavy atom. The van der Waals surface area contributed by atoms with Crippen LogP contribution in [-0.4, -0.2) is 28.0 Å². The molecule has 6 nitrogen and oxygen atoms in total. The highest BCUT2D eigenvalue weighted by atomic mass is 35.5. The van der Waals surface area contributed by atoms with E-state index in [0.29, 0.717) is 5.82 Å². The molecule has 0 radical (unpaired) electrons. The summed E-state index contributed by atoms with van der Waals surface area (Å²) >= 11 is 5.90. The van der Waals surface area contributed by atoms with Gasteiger partial charge in [-0.05, 0) is 23.8 Å². The van der Waals surface area contributed by atoms with Crippen molar-refractivity contribution in [2.75, 3.05) is 6.61 Å². The molecule has 3 aromatic rings. The van der Waals surface area contributed by atoms with Crippen LogP contribution in [0.15, 0.2) is 67.0 Å². The number of benzene rings is 2. The van der Waals surface area contributed by atoms with Crippen LogP contribution in [0.5, 0.6) is 0 Å². The van der Waals surface area contributed by atoms with Crippen LogP contribution in [0.1, 0.15) is 23.0 Å². The Bertz CT molecular complexity index is 1050. The molecule has 1 heterocycles. The van der Waals surface area contributed by atoms with E-state index in [1.807, 2.05) is 37.4 Å². The Labute approximate surface area is 178 Å². The fourth-order valence-electron chi connectivity index (χ4n) is 2.81. The van der Waals surface area contributed by atoms with Gasteiger partial charge in [0.25, 0.3) is 5.91 Å². The summed E-state index contributed by atoms with van der Waals surface area (Å²) in [5, 5.41) is 2.98. The topological polar surface area (TPSA) is 73.2 Å². The van der Waals surface area contributed by atoms with Gasteiger partial charge in [0.05, 0.1) is 5.02 Å². The van der Waals surface area contributed by atoms with E-state index < -0.39 is 30.3 Å². The number of aryl methyl sites for hydroxylation is 1. The summed E-state index contributed by atoms with van der Waals surface area (Å²) in [4.78, 5) is 28.6. The Morgan fingerprint density at radius 3 is 2.67 bits per heavy atom. The number of aromatic nitrogens is 2. The van der Waals surface area contributed by atoms with Crippen molar-refractivity contribution >= 4 is 29.6 Å². The van der Waals surface area contributed by atoms with Gasteiger partial charge in [-0.25, -0.2) is 14.2 Å². The molecule has 1 atom stereocenters. The monoisotopic (exact) mass is 427 g/mol. The molecule has 8 heteroatoms. The van der Waals surface area contributed by atoms with Crippen LogP contribution in [0.25, 0.3) is 6.08 Å². The van der Waals surface area contributed by atoms with Gasteiger partial charge in [0, 0.05) is 31.1 Å². The summed E-state index contributed by atoms with van der Waals surface area (Å²) in [6.45, 7) is -0.498. The van der Waals surface area contributed by atoms with Crippen molar-refractivity contribution in [2.24, 2.45) is 7.05 Å². The average Bonchev–Trinajstić information content (AvgIpc) is 3.16. The second-order valence-corrected chi connectivity index (χ2v) is 6.79. The van der Waals surface area contributed by atoms with Crippen LogP contribution in [0.4, 0.5) is 4.39 Å². The lowest BCUT2D eigenvalue weighted by Gasteiger charge is -2.19. The number of nitrogens with one attached hydrogen (secondary N) is 1. The number of carbonyl (C=O) groups is 2. The Kier molecular flexibility index (Phi) is 6.98. The van der Waals surface area contributed by atoms with Gasteiger partial charge in [0.2, 0.25) is 0 Å². The maximum absolute atomic E-state index is 13.7. The molecule has 0 saturated heterocycles. The van der Waals surface area contributed by atoms with Gasteiger partial charge in [-0.1, -0.05) is 48.0 Å². The van der Waals surface area contributed by atoms with Crippen molar-refractivity contribution in [1.82, 2.24) is 14.9 Å². The molecule has 1 unspecified atom stereocenters. The molecule has 0 spiro atoms. The first-order valence-corrected chi connectivity index (χ1v) is 9.44. The summed E-state index contributed by atoms with van der Waals surface area (Å²) in [5.41, 5.74) is 0.903. The summed E-state index contributed by atoms with van der Waals surface area (Å²) < 4.78 is 20.5. The number of amides is 1. The summed E-state index contributed by atoms with van der Waals surface area (Å²) in [7, 11) is 1.82. The van der Waals surface area contributed by atoms with Gasteiger partial charge >= 0.3 is 5.97 Å². The van der Waals surface area contributed by atoms with Crippen LogP contribution in [-0.2, 0) is 21.4 Å². The van der Waals surface area contributed by atoms with E-state index in [9.17, 15) is 14.0 Å². The smallest absolute Gasteiger partial charge is 0.331 e. The SMILES string of the molecule is Cn1ccnc1C(NC(=O)COC(=O)/C=C/c1c(F)cccc1Cl)c1ccccc1. The molecule has 2 aromatic carbocycles. The fourth-order valence-corrected chi connectivity index (χ4v) is 3.03. The van der Waals surface area contributed by atoms with Gasteiger partial charge in [-0.15, -0.1) is 0 Å². The van der Waals surface area contributed by atoms with Gasteiger partial charge < -0.3 is 14.6 Å². The first-order valence-electron chi connectivity index (χ1n) is 9.06. The molecule has 154 valence electrons. The molecule has 3 rings (SSSR count). The van der Waals surface area contributed by atoms with Crippen LogP contribution in [0.2, 0.25) is 5.02 Å². The Morgan fingerprint density at radius 2 is 2.00 bits per heavy atom. The molecule has 1 amide bonds. The molecule has 0 aliphatic heterocycles. The van der Waals surface area contributed by atoms with Gasteiger partial charge in [-0.2, -0.15) is 0 Å². The lowest BCUT2D eigenvalue weighted by atomic mass is 10.1. The van der Waals surface area contributed by atoms with Gasteiger partial charge in [0.1, 0.15) is 17.7 Å². The maximum atomic E-state index is 13.7. The number of hydrogen-bond acceptors (Lipinski definition) is 4. The number of ether oxygens (including phenoxy) is 1. The lowest BCUT2D eigenvalue weighted by Crippen LogP contribution is -2.34. The van der Waals surface area contributed by atoms with E-state index in [1.165, 1.54) is 24.3 Å². The molecule has 1 N–H and O–H groups in total. The quantitative estimate of drug-likeness (QED) is 0.461. The average molecular weight is 428 g/mol. The first kappa shape index (κ1) is 21.3. The molecular formula is C22H19ClFN3O3. The number of halogens is 2. The third kappa shape index (κ3) is 5.33. The Hall–Kier alpha value is -3.45. The van der Waals surface area contributed by atoms with E-state index >= 15 is 0 Å². The third-order valence-corrected chi connectivity index (χ3v) is 4.62. The van der Waals surface area contributed by atoms with E-state index in [-0.39, 0.29) is 10.6 Å². The minimum absolute atomic E-state index is 0.0690. The zero-order valence-electron chi connectivity index (χ0n) is 16.1. The van der Waals surface area contributed by atoms with E-state index in [2.05, 4.69) is 10.3 Å². The van der Waals surface area contributed by atoms with Crippen LogP contribution in [0, 0.1) is 5.82 Å². The largest absolute Gasteiger partial charge is 0.452 e. The third-order valence-electron chi connectivity index (χ3n) is 4.29. The van der Waals surface area contributed by atoms with Crippen LogP contribution >= 0.6 is 11.6 Å². The maximum Gasteiger partial charge on any atom is 0.331 e. The van der Waals surface area contributed by atoms with Gasteiger partial charge in [-0.3, -0.25) is 4.79 Å². The summed E-state index contributed by atoms with van der Waals surface area (Å²) in [6, 6.07) is 13.0. The molecule has 0 aliphatic rings. The van der Waals surface area contributed by atoms with Crippen LogP contribution < -0.4 is 5.32 Å². The lowest BCUT2D eigenvalue weighted by molar-refractivity contribution is -0.143. The normalized spacial score (nSPS) is 12.0. The second-order valence-electron chi connectivity index (χ2n) is 6.38.